The molecule has 7 heteroatoms. The lowest BCUT2D eigenvalue weighted by Crippen LogP contribution is -2.28. The molecular weight excluding hydrogens is 327 g/mol. The molecule has 0 aliphatic carbocycles. The molecule has 0 amide bonds. The van der Waals surface area contributed by atoms with E-state index >= 15 is 0 Å². The fraction of sp³-hybridized carbons (Fsp3) is 0.133. The van der Waals surface area contributed by atoms with Crippen LogP contribution >= 0.6 is 23.8 Å². The summed E-state index contributed by atoms with van der Waals surface area (Å²) >= 11 is 11.1. The summed E-state index contributed by atoms with van der Waals surface area (Å²) in [5.41, 5.74) is 1.55. The van der Waals surface area contributed by atoms with Gasteiger partial charge in [0, 0.05) is 6.54 Å². The Morgan fingerprint density at radius 1 is 1.18 bits per heavy atom. The lowest BCUT2D eigenvalue weighted by molar-refractivity contribution is 0.174. The Hall–Kier alpha value is -2.05. The Bertz CT molecular complexity index is 727. The second-order valence-corrected chi connectivity index (χ2v) is 5.43. The molecule has 0 fully saturated rings. The van der Waals surface area contributed by atoms with Gasteiger partial charge in [0.15, 0.2) is 16.6 Å². The fourth-order valence-electron chi connectivity index (χ4n) is 1.99. The lowest BCUT2D eigenvalue weighted by Gasteiger charge is -2.12. The number of fused-ring (bicyclic) bond motifs is 1. The Balaban J connectivity index is 1.58. The van der Waals surface area contributed by atoms with Crippen molar-refractivity contribution in [3.8, 4) is 11.5 Å². The highest BCUT2D eigenvalue weighted by molar-refractivity contribution is 7.80. The SMILES string of the molecule is Fc1ccc(NC(=S)NCc2ccc3c(c2)OCO3)c(Cl)c1. The fourth-order valence-corrected chi connectivity index (χ4v) is 2.39. The standard InChI is InChI=1S/C15H12ClFN2O2S/c16-11-6-10(17)2-3-12(11)19-15(22)18-7-9-1-4-13-14(5-9)21-8-20-13/h1-6H,7-8H2,(H2,18,19,22). The van der Waals surface area contributed by atoms with Gasteiger partial charge in [0.2, 0.25) is 6.79 Å². The van der Waals surface area contributed by atoms with E-state index in [1.165, 1.54) is 18.2 Å². The highest BCUT2D eigenvalue weighted by Gasteiger charge is 2.13. The van der Waals surface area contributed by atoms with Crippen LogP contribution in [0.1, 0.15) is 5.56 Å². The number of anilines is 1. The lowest BCUT2D eigenvalue weighted by atomic mass is 10.2. The van der Waals surface area contributed by atoms with Gasteiger partial charge in [-0.3, -0.25) is 0 Å². The number of thiocarbonyl (C=S) groups is 1. The molecule has 4 nitrogen and oxygen atoms in total. The zero-order valence-electron chi connectivity index (χ0n) is 11.4. The minimum absolute atomic E-state index is 0.245. The van der Waals surface area contributed by atoms with Gasteiger partial charge in [-0.25, -0.2) is 4.39 Å². The molecule has 2 aromatic rings. The van der Waals surface area contributed by atoms with E-state index in [1.54, 1.807) is 0 Å². The van der Waals surface area contributed by atoms with E-state index in [0.717, 1.165) is 17.1 Å². The summed E-state index contributed by atoms with van der Waals surface area (Å²) in [6.45, 7) is 0.760. The third-order valence-corrected chi connectivity index (χ3v) is 3.63. The van der Waals surface area contributed by atoms with E-state index in [1.807, 2.05) is 18.2 Å². The molecule has 0 saturated heterocycles. The van der Waals surface area contributed by atoms with Crippen LogP contribution < -0.4 is 20.1 Å². The third kappa shape index (κ3) is 3.40. The summed E-state index contributed by atoms with van der Waals surface area (Å²) < 4.78 is 23.6. The quantitative estimate of drug-likeness (QED) is 0.835. The van der Waals surface area contributed by atoms with E-state index in [2.05, 4.69) is 10.6 Å². The first kappa shape index (κ1) is 14.9. The van der Waals surface area contributed by atoms with Crippen LogP contribution in [0.2, 0.25) is 5.02 Å². The van der Waals surface area contributed by atoms with E-state index < -0.39 is 5.82 Å². The Labute approximate surface area is 137 Å². The van der Waals surface area contributed by atoms with Crippen molar-refractivity contribution in [2.45, 2.75) is 6.54 Å². The van der Waals surface area contributed by atoms with Crippen molar-refractivity contribution in [2.24, 2.45) is 0 Å². The van der Waals surface area contributed by atoms with Crippen molar-refractivity contribution in [2.75, 3.05) is 12.1 Å². The number of nitrogens with one attached hydrogen (secondary N) is 2. The topological polar surface area (TPSA) is 42.5 Å². The second kappa shape index (κ2) is 6.37. The molecule has 3 rings (SSSR count). The first-order chi connectivity index (χ1) is 10.6. The zero-order valence-corrected chi connectivity index (χ0v) is 12.9. The second-order valence-electron chi connectivity index (χ2n) is 4.62. The number of rotatable bonds is 3. The molecule has 0 atom stereocenters. The molecule has 2 aromatic carbocycles. The van der Waals surface area contributed by atoms with E-state index in [9.17, 15) is 4.39 Å². The maximum atomic E-state index is 13.0. The van der Waals surface area contributed by atoms with Crippen LogP contribution in [0, 0.1) is 5.82 Å². The van der Waals surface area contributed by atoms with Crippen LogP contribution in [-0.4, -0.2) is 11.9 Å². The molecule has 0 unspecified atom stereocenters. The Morgan fingerprint density at radius 2 is 2.00 bits per heavy atom. The summed E-state index contributed by atoms with van der Waals surface area (Å²) in [6.07, 6.45) is 0. The highest BCUT2D eigenvalue weighted by atomic mass is 35.5. The smallest absolute Gasteiger partial charge is 0.231 e. The van der Waals surface area contributed by atoms with E-state index in [-0.39, 0.29) is 11.8 Å². The van der Waals surface area contributed by atoms with E-state index in [4.69, 9.17) is 33.3 Å². The van der Waals surface area contributed by atoms with Gasteiger partial charge in [-0.2, -0.15) is 0 Å². The molecule has 0 saturated carbocycles. The Kier molecular flexibility index (Phi) is 4.31. The van der Waals surface area contributed by atoms with Crippen LogP contribution in [0.25, 0.3) is 0 Å². The van der Waals surface area contributed by atoms with Crippen molar-refractivity contribution in [1.29, 1.82) is 0 Å². The van der Waals surface area contributed by atoms with Gasteiger partial charge in [-0.1, -0.05) is 17.7 Å². The average molecular weight is 339 g/mol. The first-order valence-corrected chi connectivity index (χ1v) is 7.29. The van der Waals surface area contributed by atoms with Gasteiger partial charge >= 0.3 is 0 Å². The summed E-state index contributed by atoms with van der Waals surface area (Å²) in [5, 5.41) is 6.64. The molecule has 0 spiro atoms. The third-order valence-electron chi connectivity index (χ3n) is 3.07. The molecule has 0 bridgehead atoms. The van der Waals surface area contributed by atoms with Crippen LogP contribution in [-0.2, 0) is 6.54 Å². The molecular formula is C15H12ClFN2O2S. The normalized spacial score (nSPS) is 12.1. The summed E-state index contributed by atoms with van der Waals surface area (Å²) in [5.74, 6) is 1.07. The number of halogens is 2. The molecule has 2 N–H and O–H groups in total. The number of ether oxygens (including phenoxy) is 2. The van der Waals surface area contributed by atoms with Crippen LogP contribution in [0.3, 0.4) is 0 Å². The minimum Gasteiger partial charge on any atom is -0.454 e. The van der Waals surface area contributed by atoms with Crippen molar-refractivity contribution >= 4 is 34.6 Å². The molecule has 1 aliphatic heterocycles. The van der Waals surface area contributed by atoms with Gasteiger partial charge in [0.1, 0.15) is 5.82 Å². The van der Waals surface area contributed by atoms with Crippen molar-refractivity contribution < 1.29 is 13.9 Å². The summed E-state index contributed by atoms with van der Waals surface area (Å²) in [7, 11) is 0. The van der Waals surface area contributed by atoms with E-state index in [0.29, 0.717) is 17.3 Å². The molecule has 1 aliphatic rings. The van der Waals surface area contributed by atoms with Crippen molar-refractivity contribution in [3.63, 3.8) is 0 Å². The van der Waals surface area contributed by atoms with Crippen LogP contribution in [0.4, 0.5) is 10.1 Å². The van der Waals surface area contributed by atoms with Crippen molar-refractivity contribution in [1.82, 2.24) is 5.32 Å². The zero-order chi connectivity index (χ0) is 15.5. The highest BCUT2D eigenvalue weighted by Crippen LogP contribution is 2.32. The monoisotopic (exact) mass is 338 g/mol. The van der Waals surface area contributed by atoms with Crippen molar-refractivity contribution in [3.05, 3.63) is 52.8 Å². The number of benzene rings is 2. The first-order valence-electron chi connectivity index (χ1n) is 6.50. The van der Waals surface area contributed by atoms with Gasteiger partial charge in [0.05, 0.1) is 10.7 Å². The van der Waals surface area contributed by atoms with Gasteiger partial charge in [-0.15, -0.1) is 0 Å². The summed E-state index contributed by atoms with van der Waals surface area (Å²) in [6, 6.07) is 9.74. The van der Waals surface area contributed by atoms with Crippen LogP contribution in [0.5, 0.6) is 11.5 Å². The van der Waals surface area contributed by atoms with Crippen LogP contribution in [0.15, 0.2) is 36.4 Å². The predicted molar refractivity (Wildman–Crippen MR) is 87.0 cm³/mol. The molecule has 114 valence electrons. The van der Waals surface area contributed by atoms with Gasteiger partial charge in [-0.05, 0) is 48.1 Å². The molecule has 0 radical (unpaired) electrons. The minimum atomic E-state index is -0.394. The maximum absolute atomic E-state index is 13.0. The summed E-state index contributed by atoms with van der Waals surface area (Å²) in [4.78, 5) is 0. The maximum Gasteiger partial charge on any atom is 0.231 e. The van der Waals surface area contributed by atoms with Gasteiger partial charge in [0.25, 0.3) is 0 Å². The molecule has 1 heterocycles. The molecule has 22 heavy (non-hydrogen) atoms. The number of hydrogen-bond donors (Lipinski definition) is 2. The largest absolute Gasteiger partial charge is 0.454 e. The Morgan fingerprint density at radius 3 is 2.82 bits per heavy atom. The average Bonchev–Trinajstić information content (AvgIpc) is 2.95. The molecule has 0 aromatic heterocycles. The predicted octanol–water partition coefficient (Wildman–Crippen LogP) is 3.69. The van der Waals surface area contributed by atoms with Gasteiger partial charge < -0.3 is 20.1 Å². The number of hydrogen-bond acceptors (Lipinski definition) is 3.